The lowest BCUT2D eigenvalue weighted by Crippen LogP contribution is -2.49. The van der Waals surface area contributed by atoms with Crippen molar-refractivity contribution >= 4 is 17.8 Å². The fourth-order valence-corrected chi connectivity index (χ4v) is 4.33. The summed E-state index contributed by atoms with van der Waals surface area (Å²) in [6.45, 7) is 9.74. The molecule has 2 amide bonds. The molecule has 1 N–H and O–H groups in total. The molecule has 1 aliphatic heterocycles. The number of carbonyl (C=O) groups is 3. The number of nitrogens with one attached hydrogen (secondary N) is 1. The van der Waals surface area contributed by atoms with Crippen LogP contribution in [0.25, 0.3) is 0 Å². The topological polar surface area (TPSA) is 84.9 Å². The van der Waals surface area contributed by atoms with E-state index in [0.717, 1.165) is 24.2 Å². The highest BCUT2D eigenvalue weighted by atomic mass is 16.5. The first-order chi connectivity index (χ1) is 17.1. The van der Waals surface area contributed by atoms with Crippen molar-refractivity contribution in [1.29, 1.82) is 0 Å². The summed E-state index contributed by atoms with van der Waals surface area (Å²) in [4.78, 5) is 39.2. The van der Waals surface area contributed by atoms with E-state index in [-0.39, 0.29) is 17.9 Å². The highest BCUT2D eigenvalue weighted by Gasteiger charge is 2.31. The second-order valence-corrected chi connectivity index (χ2v) is 10.2. The maximum absolute atomic E-state index is 13.0. The minimum atomic E-state index is -0.501. The largest absolute Gasteiger partial charge is 0.493 e. The fraction of sp³-hybridized carbons (Fsp3) is 0.483. The van der Waals surface area contributed by atoms with E-state index in [4.69, 9.17) is 9.47 Å². The Morgan fingerprint density at radius 3 is 2.28 bits per heavy atom. The number of ether oxygens (including phenoxy) is 2. The lowest BCUT2D eigenvalue weighted by atomic mass is 9.86. The third-order valence-corrected chi connectivity index (χ3v) is 6.83. The number of carbonyl (C=O) groups excluding carboxylic acids is 3. The van der Waals surface area contributed by atoms with Crippen molar-refractivity contribution in [2.45, 2.75) is 59.4 Å². The lowest BCUT2D eigenvalue weighted by molar-refractivity contribution is -0.130. The second-order valence-electron chi connectivity index (χ2n) is 10.2. The van der Waals surface area contributed by atoms with Crippen LogP contribution in [0, 0.1) is 19.3 Å². The summed E-state index contributed by atoms with van der Waals surface area (Å²) in [6, 6.07) is 12.7. The van der Waals surface area contributed by atoms with E-state index in [0.29, 0.717) is 43.7 Å². The van der Waals surface area contributed by atoms with Crippen molar-refractivity contribution in [3.05, 3.63) is 64.7 Å². The van der Waals surface area contributed by atoms with Gasteiger partial charge < -0.3 is 19.7 Å². The van der Waals surface area contributed by atoms with Crippen LogP contribution in [0.5, 0.6) is 5.75 Å². The Bertz CT molecular complexity index is 1070. The van der Waals surface area contributed by atoms with Crippen LogP contribution >= 0.6 is 0 Å². The number of hydrogen-bond donors (Lipinski definition) is 1. The minimum Gasteiger partial charge on any atom is -0.493 e. The maximum Gasteiger partial charge on any atom is 0.337 e. The number of hydrogen-bond acceptors (Lipinski definition) is 5. The molecular formula is C29H38N2O5. The molecule has 1 aliphatic rings. The van der Waals surface area contributed by atoms with Gasteiger partial charge in [0.1, 0.15) is 5.75 Å². The SMILES string of the molecule is COC(=O)c1ccc(C(=O)N2CCC(NC(=O)C(C)(C)CCCOc3cc(C)ccc3C)CC2)cc1. The summed E-state index contributed by atoms with van der Waals surface area (Å²) in [5.41, 5.74) is 2.73. The van der Waals surface area contributed by atoms with E-state index in [1.54, 1.807) is 29.2 Å². The Morgan fingerprint density at radius 1 is 1.00 bits per heavy atom. The highest BCUT2D eigenvalue weighted by Crippen LogP contribution is 2.25. The van der Waals surface area contributed by atoms with Crippen LogP contribution in [-0.2, 0) is 9.53 Å². The number of nitrogens with zero attached hydrogens (tertiary/aromatic N) is 1. The van der Waals surface area contributed by atoms with Gasteiger partial charge in [-0.2, -0.15) is 0 Å². The number of methoxy groups -OCH3 is 1. The second kappa shape index (κ2) is 12.1. The van der Waals surface area contributed by atoms with Crippen molar-refractivity contribution in [1.82, 2.24) is 10.2 Å². The average molecular weight is 495 g/mol. The van der Waals surface area contributed by atoms with Gasteiger partial charge >= 0.3 is 5.97 Å². The van der Waals surface area contributed by atoms with Crippen LogP contribution in [-0.4, -0.2) is 55.5 Å². The molecule has 1 heterocycles. The van der Waals surface area contributed by atoms with Crippen molar-refractivity contribution in [2.24, 2.45) is 5.41 Å². The Kier molecular flexibility index (Phi) is 9.13. The Hall–Kier alpha value is -3.35. The zero-order chi connectivity index (χ0) is 26.3. The molecule has 0 spiro atoms. The molecule has 0 atom stereocenters. The summed E-state index contributed by atoms with van der Waals surface area (Å²) in [6.07, 6.45) is 2.94. The van der Waals surface area contributed by atoms with Gasteiger partial charge in [-0.05, 0) is 81.0 Å². The van der Waals surface area contributed by atoms with Crippen LogP contribution in [0.3, 0.4) is 0 Å². The molecule has 7 heteroatoms. The van der Waals surface area contributed by atoms with Crippen LogP contribution in [0.15, 0.2) is 42.5 Å². The number of aryl methyl sites for hydroxylation is 2. The van der Waals surface area contributed by atoms with E-state index < -0.39 is 11.4 Å². The van der Waals surface area contributed by atoms with Gasteiger partial charge in [-0.25, -0.2) is 4.79 Å². The van der Waals surface area contributed by atoms with Gasteiger partial charge in [-0.3, -0.25) is 9.59 Å². The Balaban J connectivity index is 1.42. The van der Waals surface area contributed by atoms with Crippen molar-refractivity contribution in [2.75, 3.05) is 26.8 Å². The number of rotatable bonds is 9. The number of piperidine rings is 1. The van der Waals surface area contributed by atoms with Crippen LogP contribution in [0.1, 0.15) is 71.4 Å². The molecule has 3 rings (SSSR count). The Morgan fingerprint density at radius 2 is 1.64 bits per heavy atom. The van der Waals surface area contributed by atoms with Crippen molar-refractivity contribution < 1.29 is 23.9 Å². The quantitative estimate of drug-likeness (QED) is 0.404. The molecule has 0 saturated carbocycles. The predicted octanol–water partition coefficient (Wildman–Crippen LogP) is 4.70. The van der Waals surface area contributed by atoms with Gasteiger partial charge in [0.2, 0.25) is 5.91 Å². The molecule has 2 aromatic carbocycles. The average Bonchev–Trinajstić information content (AvgIpc) is 2.88. The zero-order valence-corrected chi connectivity index (χ0v) is 22.1. The van der Waals surface area contributed by atoms with E-state index >= 15 is 0 Å². The summed E-state index contributed by atoms with van der Waals surface area (Å²) in [5.74, 6) is 0.443. The lowest BCUT2D eigenvalue weighted by Gasteiger charge is -2.34. The molecule has 0 unspecified atom stereocenters. The van der Waals surface area contributed by atoms with E-state index in [9.17, 15) is 14.4 Å². The molecule has 0 bridgehead atoms. The molecule has 0 aromatic heterocycles. The number of amides is 2. The fourth-order valence-electron chi connectivity index (χ4n) is 4.33. The van der Waals surface area contributed by atoms with Gasteiger partial charge in [-0.15, -0.1) is 0 Å². The molecule has 0 aliphatic carbocycles. The molecule has 7 nitrogen and oxygen atoms in total. The van der Waals surface area contributed by atoms with Gasteiger partial charge in [0, 0.05) is 30.1 Å². The standard InChI is InChI=1S/C29H38N2O5/c1-20-7-8-21(2)25(19-20)36-18-6-15-29(3,4)28(34)30-24-13-16-31(17-14-24)26(32)22-9-11-23(12-10-22)27(33)35-5/h7-12,19,24H,6,13-18H2,1-5H3,(H,30,34). The van der Waals surface area contributed by atoms with E-state index in [1.165, 1.54) is 12.7 Å². The van der Waals surface area contributed by atoms with Gasteiger partial charge in [0.25, 0.3) is 5.91 Å². The van der Waals surface area contributed by atoms with Crippen LogP contribution < -0.4 is 10.1 Å². The molecule has 1 fully saturated rings. The van der Waals surface area contributed by atoms with Crippen LogP contribution in [0.2, 0.25) is 0 Å². The van der Waals surface area contributed by atoms with E-state index in [2.05, 4.69) is 17.4 Å². The maximum atomic E-state index is 13.0. The molecule has 1 saturated heterocycles. The number of esters is 1. The summed E-state index contributed by atoms with van der Waals surface area (Å²) >= 11 is 0. The normalized spacial score (nSPS) is 14.3. The molecule has 194 valence electrons. The first kappa shape index (κ1) is 27.2. The summed E-state index contributed by atoms with van der Waals surface area (Å²) in [5, 5.41) is 3.19. The minimum absolute atomic E-state index is 0.0393. The van der Waals surface area contributed by atoms with Crippen LogP contribution in [0.4, 0.5) is 0 Å². The molecule has 36 heavy (non-hydrogen) atoms. The van der Waals surface area contributed by atoms with Crippen molar-refractivity contribution in [3.63, 3.8) is 0 Å². The first-order valence-electron chi connectivity index (χ1n) is 12.6. The Labute approximate surface area is 214 Å². The number of likely N-dealkylation sites (tertiary alicyclic amines) is 1. The monoisotopic (exact) mass is 494 g/mol. The van der Waals surface area contributed by atoms with Gasteiger partial charge in [-0.1, -0.05) is 26.0 Å². The summed E-state index contributed by atoms with van der Waals surface area (Å²) < 4.78 is 10.6. The summed E-state index contributed by atoms with van der Waals surface area (Å²) in [7, 11) is 1.33. The number of benzene rings is 2. The van der Waals surface area contributed by atoms with Gasteiger partial charge in [0.15, 0.2) is 0 Å². The zero-order valence-electron chi connectivity index (χ0n) is 22.1. The van der Waals surface area contributed by atoms with Gasteiger partial charge in [0.05, 0.1) is 19.3 Å². The third kappa shape index (κ3) is 7.09. The first-order valence-corrected chi connectivity index (χ1v) is 12.6. The molecule has 2 aromatic rings. The van der Waals surface area contributed by atoms with E-state index in [1.807, 2.05) is 33.8 Å². The smallest absolute Gasteiger partial charge is 0.337 e. The molecular weight excluding hydrogens is 456 g/mol. The highest BCUT2D eigenvalue weighted by molar-refractivity contribution is 5.96. The van der Waals surface area contributed by atoms with Crippen molar-refractivity contribution in [3.8, 4) is 5.75 Å². The predicted molar refractivity (Wildman–Crippen MR) is 139 cm³/mol. The molecule has 0 radical (unpaired) electrons. The third-order valence-electron chi connectivity index (χ3n) is 6.83.